The average Bonchev–Trinajstić information content (AvgIpc) is 2.86. The van der Waals surface area contributed by atoms with Crippen molar-refractivity contribution in [2.45, 2.75) is 45.1 Å². The highest BCUT2D eigenvalue weighted by Crippen LogP contribution is 2.23. The summed E-state index contributed by atoms with van der Waals surface area (Å²) in [6.07, 6.45) is -2.11. The van der Waals surface area contributed by atoms with E-state index >= 15 is 0 Å². The Hall–Kier alpha value is -0.660. The van der Waals surface area contributed by atoms with Gasteiger partial charge in [-0.2, -0.15) is 8.78 Å². The molecule has 0 saturated carbocycles. The van der Waals surface area contributed by atoms with Crippen LogP contribution in [0.2, 0.25) is 0 Å². The summed E-state index contributed by atoms with van der Waals surface area (Å²) in [6, 6.07) is 3.88. The molecule has 1 heterocycles. The van der Waals surface area contributed by atoms with Crippen LogP contribution >= 0.6 is 11.3 Å². The smallest absolute Gasteiger partial charge is 0.330 e. The van der Waals surface area contributed by atoms with Crippen molar-refractivity contribution in [2.24, 2.45) is 0 Å². The highest BCUT2D eigenvalue weighted by Gasteiger charge is 2.41. The van der Waals surface area contributed by atoms with Gasteiger partial charge in [0.05, 0.1) is 6.61 Å². The van der Waals surface area contributed by atoms with Crippen LogP contribution in [0, 0.1) is 0 Å². The van der Waals surface area contributed by atoms with Crippen molar-refractivity contribution in [2.75, 3.05) is 19.8 Å². The van der Waals surface area contributed by atoms with E-state index in [2.05, 4.69) is 12.2 Å². The van der Waals surface area contributed by atoms with Crippen molar-refractivity contribution in [3.8, 4) is 0 Å². The van der Waals surface area contributed by atoms with Gasteiger partial charge in [0.2, 0.25) is 0 Å². The molecule has 1 unspecified atom stereocenters. The first-order valence-electron chi connectivity index (χ1n) is 6.93. The number of halogens is 4. The molecule has 0 amide bonds. The molecule has 0 radical (unpaired) electrons. The zero-order valence-electron chi connectivity index (χ0n) is 12.2. The molecule has 1 atom stereocenters. The number of nitrogens with one attached hydrogen (secondary N) is 1. The maximum atomic E-state index is 12.8. The lowest BCUT2D eigenvalue weighted by Gasteiger charge is -2.20. The minimum Gasteiger partial charge on any atom is -0.373 e. The fourth-order valence-corrected chi connectivity index (χ4v) is 2.88. The van der Waals surface area contributed by atoms with E-state index in [1.165, 1.54) is 4.88 Å². The molecular formula is C14H21F4NOS. The lowest BCUT2D eigenvalue weighted by Crippen LogP contribution is -2.38. The topological polar surface area (TPSA) is 21.3 Å². The summed E-state index contributed by atoms with van der Waals surface area (Å²) in [5, 5.41) is 3.12. The predicted octanol–water partition coefficient (Wildman–Crippen LogP) is 3.75. The van der Waals surface area contributed by atoms with Crippen LogP contribution in [-0.4, -0.2) is 38.1 Å². The van der Waals surface area contributed by atoms with Crippen molar-refractivity contribution >= 4 is 11.3 Å². The summed E-state index contributed by atoms with van der Waals surface area (Å²) >= 11 is 1.67. The van der Waals surface area contributed by atoms with Crippen molar-refractivity contribution in [3.05, 3.63) is 21.9 Å². The Morgan fingerprint density at radius 2 is 1.90 bits per heavy atom. The molecule has 1 N–H and O–H groups in total. The van der Waals surface area contributed by atoms with Crippen LogP contribution in [0.1, 0.15) is 23.6 Å². The highest BCUT2D eigenvalue weighted by molar-refractivity contribution is 7.11. The normalized spacial score (nSPS) is 13.9. The van der Waals surface area contributed by atoms with Crippen molar-refractivity contribution in [1.82, 2.24) is 5.32 Å². The van der Waals surface area contributed by atoms with E-state index in [9.17, 15) is 17.6 Å². The van der Waals surface area contributed by atoms with Gasteiger partial charge < -0.3 is 10.1 Å². The van der Waals surface area contributed by atoms with E-state index in [-0.39, 0.29) is 12.6 Å². The quantitative estimate of drug-likeness (QED) is 0.661. The first-order chi connectivity index (χ1) is 9.89. The standard InChI is InChI=1S/C14H21F4NOS/c1-3-11-5-6-12(21-11)7-10(19-4-2)8-20-9-14(17,18)13(15)16/h5-6,10,13,19H,3-4,7-9H2,1-2H3. The molecule has 0 aliphatic heterocycles. The van der Waals surface area contributed by atoms with E-state index in [4.69, 9.17) is 4.74 Å². The molecule has 1 rings (SSSR count). The maximum absolute atomic E-state index is 12.8. The van der Waals surface area contributed by atoms with Crippen LogP contribution < -0.4 is 5.32 Å². The molecule has 0 aliphatic rings. The van der Waals surface area contributed by atoms with Crippen LogP contribution in [0.25, 0.3) is 0 Å². The molecule has 0 aliphatic carbocycles. The molecule has 0 spiro atoms. The fourth-order valence-electron chi connectivity index (χ4n) is 1.84. The number of hydrogen-bond acceptors (Lipinski definition) is 3. The number of rotatable bonds is 10. The minimum atomic E-state index is -4.09. The largest absolute Gasteiger partial charge is 0.373 e. The number of likely N-dealkylation sites (N-methyl/N-ethyl adjacent to an activating group) is 1. The number of thiophene rings is 1. The summed E-state index contributed by atoms with van der Waals surface area (Å²) in [7, 11) is 0. The van der Waals surface area contributed by atoms with E-state index in [1.54, 1.807) is 11.3 Å². The van der Waals surface area contributed by atoms with Gasteiger partial charge in [0.25, 0.3) is 0 Å². The third kappa shape index (κ3) is 6.32. The molecule has 122 valence electrons. The lowest BCUT2D eigenvalue weighted by atomic mass is 10.2. The van der Waals surface area contributed by atoms with Crippen molar-refractivity contribution < 1.29 is 22.3 Å². The van der Waals surface area contributed by atoms with Crippen LogP contribution in [0.15, 0.2) is 12.1 Å². The van der Waals surface area contributed by atoms with Gasteiger partial charge in [-0.15, -0.1) is 11.3 Å². The van der Waals surface area contributed by atoms with Gasteiger partial charge in [0.15, 0.2) is 0 Å². The summed E-state index contributed by atoms with van der Waals surface area (Å²) in [4.78, 5) is 2.38. The van der Waals surface area contributed by atoms with Crippen LogP contribution in [-0.2, 0) is 17.6 Å². The van der Waals surface area contributed by atoms with Crippen LogP contribution in [0.4, 0.5) is 17.6 Å². The second kappa shape index (κ2) is 8.70. The maximum Gasteiger partial charge on any atom is 0.330 e. The minimum absolute atomic E-state index is 0.0183. The number of ether oxygens (including phenoxy) is 1. The average molecular weight is 327 g/mol. The van der Waals surface area contributed by atoms with E-state index in [0.29, 0.717) is 13.0 Å². The molecule has 21 heavy (non-hydrogen) atoms. The SMILES string of the molecule is CCNC(COCC(F)(F)C(F)F)Cc1ccc(CC)s1. The first kappa shape index (κ1) is 18.4. The number of hydrogen-bond donors (Lipinski definition) is 1. The van der Waals surface area contributed by atoms with Gasteiger partial charge in [0, 0.05) is 15.8 Å². The molecule has 2 nitrogen and oxygen atoms in total. The molecular weight excluding hydrogens is 306 g/mol. The zero-order valence-corrected chi connectivity index (χ0v) is 13.0. The molecule has 7 heteroatoms. The summed E-state index contributed by atoms with van der Waals surface area (Å²) in [5.74, 6) is -4.09. The van der Waals surface area contributed by atoms with Crippen LogP contribution in [0.3, 0.4) is 0 Å². The van der Waals surface area contributed by atoms with Crippen molar-refractivity contribution in [1.29, 1.82) is 0 Å². The Bertz CT molecular complexity index is 411. The third-order valence-electron chi connectivity index (χ3n) is 2.94. The molecule has 0 bridgehead atoms. The second-order valence-corrected chi connectivity index (χ2v) is 6.01. The zero-order chi connectivity index (χ0) is 15.9. The summed E-state index contributed by atoms with van der Waals surface area (Å²) in [5.41, 5.74) is 0. The van der Waals surface area contributed by atoms with E-state index in [1.807, 2.05) is 19.1 Å². The first-order valence-corrected chi connectivity index (χ1v) is 7.75. The summed E-state index contributed by atoms with van der Waals surface area (Å²) < 4.78 is 54.4. The Labute approximate surface area is 126 Å². The number of alkyl halides is 4. The van der Waals surface area contributed by atoms with Crippen molar-refractivity contribution in [3.63, 3.8) is 0 Å². The van der Waals surface area contributed by atoms with Crippen LogP contribution in [0.5, 0.6) is 0 Å². The van der Waals surface area contributed by atoms with Gasteiger partial charge >= 0.3 is 12.3 Å². The second-order valence-electron chi connectivity index (χ2n) is 4.76. The predicted molar refractivity (Wildman–Crippen MR) is 76.6 cm³/mol. The Morgan fingerprint density at radius 1 is 1.24 bits per heavy atom. The monoisotopic (exact) mass is 327 g/mol. The van der Waals surface area contributed by atoms with Gasteiger partial charge in [0.1, 0.15) is 6.61 Å². The summed E-state index contributed by atoms with van der Waals surface area (Å²) in [6.45, 7) is 3.34. The molecule has 0 fully saturated rings. The molecule has 1 aromatic rings. The van der Waals surface area contributed by atoms with E-state index in [0.717, 1.165) is 11.3 Å². The van der Waals surface area contributed by atoms with Gasteiger partial charge in [-0.05, 0) is 31.5 Å². The highest BCUT2D eigenvalue weighted by atomic mass is 32.1. The Kier molecular flexibility index (Phi) is 7.62. The molecule has 0 aromatic carbocycles. The Balaban J connectivity index is 2.46. The van der Waals surface area contributed by atoms with Gasteiger partial charge in [-0.25, -0.2) is 8.78 Å². The molecule has 1 aromatic heterocycles. The molecule has 0 saturated heterocycles. The van der Waals surface area contributed by atoms with E-state index < -0.39 is 19.0 Å². The Morgan fingerprint density at radius 3 is 2.43 bits per heavy atom. The third-order valence-corrected chi connectivity index (χ3v) is 4.19. The fraction of sp³-hybridized carbons (Fsp3) is 0.714. The van der Waals surface area contributed by atoms with Gasteiger partial charge in [-0.1, -0.05) is 13.8 Å². The lowest BCUT2D eigenvalue weighted by molar-refractivity contribution is -0.167. The number of aryl methyl sites for hydroxylation is 1. The van der Waals surface area contributed by atoms with Gasteiger partial charge in [-0.3, -0.25) is 0 Å².